The van der Waals surface area contributed by atoms with Crippen molar-refractivity contribution in [2.75, 3.05) is 13.7 Å². The number of aromatic nitrogens is 2. The molecule has 0 saturated carbocycles. The maximum Gasteiger partial charge on any atom is 0.337 e. The molecule has 1 saturated heterocycles. The Morgan fingerprint density at radius 3 is 2.58 bits per heavy atom. The summed E-state index contributed by atoms with van der Waals surface area (Å²) in [6.45, 7) is 5.23. The number of carbonyl (C=O) groups excluding carboxylic acids is 1. The normalized spacial score (nSPS) is 18.3. The van der Waals surface area contributed by atoms with E-state index in [0.29, 0.717) is 11.5 Å². The van der Waals surface area contributed by atoms with Crippen molar-refractivity contribution < 1.29 is 9.53 Å². The van der Waals surface area contributed by atoms with Crippen LogP contribution in [0, 0.1) is 5.92 Å². The molecule has 0 aliphatic carbocycles. The van der Waals surface area contributed by atoms with Crippen molar-refractivity contribution >= 4 is 23.3 Å². The molecular formula is C24H26N4O2S. The van der Waals surface area contributed by atoms with Crippen molar-refractivity contribution in [1.29, 1.82) is 0 Å². The fourth-order valence-electron chi connectivity index (χ4n) is 4.06. The number of methoxy groups -OCH3 is 1. The number of benzene rings is 1. The van der Waals surface area contributed by atoms with Crippen molar-refractivity contribution in [3.63, 3.8) is 0 Å². The summed E-state index contributed by atoms with van der Waals surface area (Å²) in [6, 6.07) is 17.5. The van der Waals surface area contributed by atoms with Crippen LogP contribution in [-0.2, 0) is 4.74 Å². The average molecular weight is 435 g/mol. The van der Waals surface area contributed by atoms with Gasteiger partial charge in [0.15, 0.2) is 5.11 Å². The minimum absolute atomic E-state index is 0.0138. The Morgan fingerprint density at radius 2 is 1.94 bits per heavy atom. The molecule has 4 rings (SSSR count). The first-order valence-corrected chi connectivity index (χ1v) is 10.7. The lowest BCUT2D eigenvalue weighted by molar-refractivity contribution is 0.0600. The molecule has 160 valence electrons. The average Bonchev–Trinajstić information content (AvgIpc) is 3.38. The second-order valence-electron chi connectivity index (χ2n) is 8.01. The smallest absolute Gasteiger partial charge is 0.337 e. The zero-order valence-electron chi connectivity index (χ0n) is 17.9. The monoisotopic (exact) mass is 434 g/mol. The van der Waals surface area contributed by atoms with Crippen LogP contribution in [0.5, 0.6) is 0 Å². The number of pyridine rings is 1. The van der Waals surface area contributed by atoms with Crippen molar-refractivity contribution in [3.05, 3.63) is 83.9 Å². The molecule has 0 bridgehead atoms. The molecule has 3 heterocycles. The van der Waals surface area contributed by atoms with Crippen molar-refractivity contribution in [1.82, 2.24) is 19.8 Å². The standard InChI is InChI=1S/C24H26N4O2S/c1-16(2)15-28-22(21(26-24(28)31)19-7-4-5-13-25-19)20-8-6-14-27(20)18-11-9-17(10-12-18)23(29)30-3/h4-14,16,21-22H,15H2,1-3H3,(H,26,31)/t21-,22-/m1/s1. The van der Waals surface area contributed by atoms with Crippen molar-refractivity contribution in [3.8, 4) is 5.69 Å². The largest absolute Gasteiger partial charge is 0.465 e. The first-order valence-electron chi connectivity index (χ1n) is 10.3. The molecule has 6 nitrogen and oxygen atoms in total. The number of thiocarbonyl (C=S) groups is 1. The maximum atomic E-state index is 11.8. The van der Waals surface area contributed by atoms with E-state index in [9.17, 15) is 4.79 Å². The molecule has 3 aromatic rings. The summed E-state index contributed by atoms with van der Waals surface area (Å²) in [4.78, 5) is 18.7. The molecular weight excluding hydrogens is 408 g/mol. The van der Waals surface area contributed by atoms with Gasteiger partial charge in [-0.15, -0.1) is 0 Å². The highest BCUT2D eigenvalue weighted by Gasteiger charge is 2.41. The number of carbonyl (C=O) groups is 1. The van der Waals surface area contributed by atoms with Gasteiger partial charge in [-0.1, -0.05) is 19.9 Å². The van der Waals surface area contributed by atoms with Crippen molar-refractivity contribution in [2.45, 2.75) is 25.9 Å². The first kappa shape index (κ1) is 21.1. The lowest BCUT2D eigenvalue weighted by Crippen LogP contribution is -2.33. The third-order valence-electron chi connectivity index (χ3n) is 5.41. The van der Waals surface area contributed by atoms with Crippen LogP contribution in [0.1, 0.15) is 47.7 Å². The summed E-state index contributed by atoms with van der Waals surface area (Å²) < 4.78 is 6.96. The van der Waals surface area contributed by atoms with Crippen LogP contribution in [0.25, 0.3) is 5.69 Å². The number of esters is 1. The van der Waals surface area contributed by atoms with Gasteiger partial charge in [0, 0.05) is 30.3 Å². The fraction of sp³-hybridized carbons (Fsp3) is 0.292. The van der Waals surface area contributed by atoms with Gasteiger partial charge in [0.25, 0.3) is 0 Å². The van der Waals surface area contributed by atoms with Crippen molar-refractivity contribution in [2.24, 2.45) is 5.92 Å². The van der Waals surface area contributed by atoms with E-state index in [4.69, 9.17) is 17.0 Å². The zero-order valence-corrected chi connectivity index (χ0v) is 18.7. The maximum absolute atomic E-state index is 11.8. The van der Waals surface area contributed by atoms with E-state index >= 15 is 0 Å². The molecule has 1 aliphatic heterocycles. The molecule has 2 atom stereocenters. The Hall–Kier alpha value is -3.19. The quantitative estimate of drug-likeness (QED) is 0.461. The van der Waals surface area contributed by atoms with E-state index in [1.165, 1.54) is 7.11 Å². The predicted octanol–water partition coefficient (Wildman–Crippen LogP) is 4.29. The Bertz CT molecular complexity index is 1060. The molecule has 1 N–H and O–H groups in total. The van der Waals surface area contributed by atoms with E-state index < -0.39 is 0 Å². The molecule has 2 aromatic heterocycles. The highest BCUT2D eigenvalue weighted by Crippen LogP contribution is 2.39. The van der Waals surface area contributed by atoms with Gasteiger partial charge in [0.2, 0.25) is 0 Å². The van der Waals surface area contributed by atoms with Gasteiger partial charge >= 0.3 is 5.97 Å². The van der Waals surface area contributed by atoms with E-state index in [-0.39, 0.29) is 18.1 Å². The third kappa shape index (κ3) is 4.18. The number of hydrogen-bond acceptors (Lipinski definition) is 4. The second kappa shape index (κ2) is 8.89. The predicted molar refractivity (Wildman–Crippen MR) is 124 cm³/mol. The molecule has 0 unspecified atom stereocenters. The minimum Gasteiger partial charge on any atom is -0.465 e. The first-order chi connectivity index (χ1) is 15.0. The topological polar surface area (TPSA) is 59.4 Å². The summed E-state index contributed by atoms with van der Waals surface area (Å²) in [7, 11) is 1.39. The Labute approximate surface area is 187 Å². The molecule has 1 aliphatic rings. The Morgan fingerprint density at radius 1 is 1.16 bits per heavy atom. The summed E-state index contributed by atoms with van der Waals surface area (Å²) in [6.07, 6.45) is 3.85. The highest BCUT2D eigenvalue weighted by molar-refractivity contribution is 7.80. The van der Waals surface area contributed by atoms with Crippen LogP contribution in [0.3, 0.4) is 0 Å². The summed E-state index contributed by atoms with van der Waals surface area (Å²) in [5, 5.41) is 4.23. The van der Waals surface area contributed by atoms with Crippen LogP contribution in [0.4, 0.5) is 0 Å². The van der Waals surface area contributed by atoms with E-state index in [2.05, 4.69) is 39.7 Å². The van der Waals surface area contributed by atoms with Gasteiger partial charge in [-0.25, -0.2) is 4.79 Å². The van der Waals surface area contributed by atoms with Crippen LogP contribution >= 0.6 is 12.2 Å². The van der Waals surface area contributed by atoms with Gasteiger partial charge in [0.1, 0.15) is 0 Å². The number of ether oxygens (including phenoxy) is 1. The summed E-state index contributed by atoms with van der Waals surface area (Å²) >= 11 is 5.73. The molecule has 0 radical (unpaired) electrons. The molecule has 0 spiro atoms. The second-order valence-corrected chi connectivity index (χ2v) is 8.40. The summed E-state index contributed by atoms with van der Waals surface area (Å²) in [5.74, 6) is 0.107. The van der Waals surface area contributed by atoms with Crippen LogP contribution < -0.4 is 5.32 Å². The van der Waals surface area contributed by atoms with Gasteiger partial charge in [-0.05, 0) is 66.7 Å². The van der Waals surface area contributed by atoms with E-state index in [1.54, 1.807) is 12.1 Å². The lowest BCUT2D eigenvalue weighted by Gasteiger charge is -2.30. The van der Waals surface area contributed by atoms with Crippen LogP contribution in [0.15, 0.2) is 67.0 Å². The lowest BCUT2D eigenvalue weighted by atomic mass is 10.0. The van der Waals surface area contributed by atoms with Gasteiger partial charge in [-0.3, -0.25) is 4.98 Å². The zero-order chi connectivity index (χ0) is 22.0. The van der Waals surface area contributed by atoms with Crippen LogP contribution in [0.2, 0.25) is 0 Å². The SMILES string of the molecule is COC(=O)c1ccc(-n2cccc2[C@@H]2[C@@H](c3ccccn3)NC(=S)N2CC(C)C)cc1. The van der Waals surface area contributed by atoms with Crippen LogP contribution in [-0.4, -0.2) is 39.2 Å². The number of hydrogen-bond donors (Lipinski definition) is 1. The number of nitrogens with zero attached hydrogens (tertiary/aromatic N) is 3. The Balaban J connectivity index is 1.76. The minimum atomic E-state index is -0.344. The summed E-state index contributed by atoms with van der Waals surface area (Å²) in [5.41, 5.74) is 3.55. The number of nitrogens with one attached hydrogen (secondary N) is 1. The third-order valence-corrected chi connectivity index (χ3v) is 5.76. The van der Waals surface area contributed by atoms with Gasteiger partial charge < -0.3 is 19.5 Å². The Kier molecular flexibility index (Phi) is 6.04. The van der Waals surface area contributed by atoms with E-state index in [1.807, 2.05) is 48.8 Å². The van der Waals surface area contributed by atoms with Gasteiger partial charge in [-0.2, -0.15) is 0 Å². The fourth-order valence-corrected chi connectivity index (χ4v) is 4.38. The molecule has 7 heteroatoms. The van der Waals surface area contributed by atoms with Gasteiger partial charge in [0.05, 0.1) is 30.5 Å². The van der Waals surface area contributed by atoms with E-state index in [0.717, 1.165) is 28.7 Å². The molecule has 31 heavy (non-hydrogen) atoms. The number of rotatable bonds is 6. The molecule has 1 aromatic carbocycles. The highest BCUT2D eigenvalue weighted by atomic mass is 32.1. The molecule has 1 fully saturated rings. The molecule has 0 amide bonds.